The van der Waals surface area contributed by atoms with Crippen molar-refractivity contribution < 1.29 is 19.4 Å². The molecule has 0 aromatic rings. The van der Waals surface area contributed by atoms with Gasteiger partial charge < -0.3 is 15.2 Å². The lowest BCUT2D eigenvalue weighted by Gasteiger charge is -2.40. The van der Waals surface area contributed by atoms with Gasteiger partial charge in [0.05, 0.1) is 18.4 Å². The molecule has 1 saturated heterocycles. The van der Waals surface area contributed by atoms with Gasteiger partial charge in [0.1, 0.15) is 0 Å². The third-order valence-electron chi connectivity index (χ3n) is 3.60. The summed E-state index contributed by atoms with van der Waals surface area (Å²) in [4.78, 5) is 23.1. The summed E-state index contributed by atoms with van der Waals surface area (Å²) in [6.45, 7) is 5.28. The van der Waals surface area contributed by atoms with Crippen LogP contribution in [-0.2, 0) is 14.3 Å². The van der Waals surface area contributed by atoms with Crippen LogP contribution >= 0.6 is 0 Å². The van der Waals surface area contributed by atoms with Crippen molar-refractivity contribution >= 4 is 11.9 Å². The number of carboxylic acid groups (broad SMARTS) is 1. The molecule has 0 aliphatic carbocycles. The smallest absolute Gasteiger partial charge is 0.310 e. The third-order valence-corrected chi connectivity index (χ3v) is 3.60. The molecule has 0 bridgehead atoms. The molecule has 0 saturated carbocycles. The van der Waals surface area contributed by atoms with Gasteiger partial charge in [0.2, 0.25) is 0 Å². The normalized spacial score (nSPS) is 28.7. The maximum atomic E-state index is 11.6. The summed E-state index contributed by atoms with van der Waals surface area (Å²) in [6, 6.07) is 0. The van der Waals surface area contributed by atoms with E-state index >= 15 is 0 Å². The van der Waals surface area contributed by atoms with Crippen LogP contribution in [0.25, 0.3) is 0 Å². The lowest BCUT2D eigenvalue weighted by atomic mass is 9.67. The second-order valence-corrected chi connectivity index (χ2v) is 4.50. The third kappa shape index (κ3) is 2.97. The quantitative estimate of drug-likeness (QED) is 0.705. The molecule has 0 amide bonds. The van der Waals surface area contributed by atoms with E-state index in [1.807, 2.05) is 6.92 Å². The first-order valence-corrected chi connectivity index (χ1v) is 6.16. The van der Waals surface area contributed by atoms with Crippen molar-refractivity contribution in [1.29, 1.82) is 0 Å². The van der Waals surface area contributed by atoms with Crippen LogP contribution in [0.15, 0.2) is 0 Å². The number of carboxylic acids is 1. The SMILES string of the molecule is CCOC(=O)C[C@]1(C(=O)O)CCNC[C@@H]1CC. The van der Waals surface area contributed by atoms with Crippen LogP contribution in [0.2, 0.25) is 0 Å². The number of aliphatic carboxylic acids is 1. The molecule has 0 radical (unpaired) electrons. The Morgan fingerprint density at radius 3 is 2.71 bits per heavy atom. The fourth-order valence-electron chi connectivity index (χ4n) is 2.58. The van der Waals surface area contributed by atoms with Crippen LogP contribution in [0.1, 0.15) is 33.1 Å². The van der Waals surface area contributed by atoms with E-state index in [0.717, 1.165) is 6.42 Å². The lowest BCUT2D eigenvalue weighted by molar-refractivity contribution is -0.163. The highest BCUT2D eigenvalue weighted by molar-refractivity contribution is 5.82. The highest BCUT2D eigenvalue weighted by Crippen LogP contribution is 2.40. The standard InChI is InChI=1S/C12H21NO4/c1-3-9-8-13-6-5-12(9,11(15)16)7-10(14)17-4-2/h9,13H,3-8H2,1-2H3,(H,15,16)/t9-,12+/m0/s1. The maximum absolute atomic E-state index is 11.6. The Kier molecular flexibility index (Phi) is 4.93. The molecule has 0 spiro atoms. The average Bonchev–Trinajstić information content (AvgIpc) is 2.29. The zero-order chi connectivity index (χ0) is 12.9. The molecule has 2 atom stereocenters. The largest absolute Gasteiger partial charge is 0.481 e. The Balaban J connectivity index is 2.86. The Morgan fingerprint density at radius 2 is 2.18 bits per heavy atom. The molecule has 5 nitrogen and oxygen atoms in total. The molecule has 0 unspecified atom stereocenters. The molecular weight excluding hydrogens is 222 g/mol. The van der Waals surface area contributed by atoms with Gasteiger partial charge in [0.15, 0.2) is 0 Å². The van der Waals surface area contributed by atoms with Crippen LogP contribution < -0.4 is 5.32 Å². The number of rotatable bonds is 5. The predicted octanol–water partition coefficient (Wildman–Crippen LogP) is 1.03. The Hall–Kier alpha value is -1.10. The first-order chi connectivity index (χ1) is 8.06. The van der Waals surface area contributed by atoms with Gasteiger partial charge in [-0.25, -0.2) is 0 Å². The van der Waals surface area contributed by atoms with E-state index in [9.17, 15) is 14.7 Å². The fraction of sp³-hybridized carbons (Fsp3) is 0.833. The van der Waals surface area contributed by atoms with Gasteiger partial charge in [-0.3, -0.25) is 9.59 Å². The van der Waals surface area contributed by atoms with Gasteiger partial charge >= 0.3 is 11.9 Å². The highest BCUT2D eigenvalue weighted by Gasteiger charge is 2.48. The summed E-state index contributed by atoms with van der Waals surface area (Å²) >= 11 is 0. The molecule has 1 aliphatic rings. The van der Waals surface area contributed by atoms with Crippen LogP contribution in [0.4, 0.5) is 0 Å². The van der Waals surface area contributed by atoms with Gasteiger partial charge in [-0.1, -0.05) is 13.3 Å². The molecule has 0 aromatic heterocycles. The molecule has 1 rings (SSSR count). The van der Waals surface area contributed by atoms with Crippen molar-refractivity contribution in [3.8, 4) is 0 Å². The zero-order valence-electron chi connectivity index (χ0n) is 10.5. The fourth-order valence-corrected chi connectivity index (χ4v) is 2.58. The number of nitrogens with one attached hydrogen (secondary N) is 1. The number of carbonyl (C=O) groups excluding carboxylic acids is 1. The summed E-state index contributed by atoms with van der Waals surface area (Å²) in [5.74, 6) is -1.30. The van der Waals surface area contributed by atoms with Crippen molar-refractivity contribution in [2.24, 2.45) is 11.3 Å². The van der Waals surface area contributed by atoms with Gasteiger partial charge in [-0.05, 0) is 32.4 Å². The van der Waals surface area contributed by atoms with Gasteiger partial charge in [0.25, 0.3) is 0 Å². The van der Waals surface area contributed by atoms with E-state index in [-0.39, 0.29) is 12.3 Å². The first kappa shape index (κ1) is 14.0. The summed E-state index contributed by atoms with van der Waals surface area (Å²) < 4.78 is 4.89. The van der Waals surface area contributed by atoms with Gasteiger partial charge in [-0.15, -0.1) is 0 Å². The number of esters is 1. The molecule has 1 aliphatic heterocycles. The van der Waals surface area contributed by atoms with Gasteiger partial charge in [0, 0.05) is 0 Å². The van der Waals surface area contributed by atoms with Crippen LogP contribution in [0.5, 0.6) is 0 Å². The van der Waals surface area contributed by atoms with E-state index in [1.54, 1.807) is 6.92 Å². The first-order valence-electron chi connectivity index (χ1n) is 6.16. The Labute approximate surface area is 102 Å². The van der Waals surface area contributed by atoms with Crippen molar-refractivity contribution in [2.45, 2.75) is 33.1 Å². The maximum Gasteiger partial charge on any atom is 0.310 e. The van der Waals surface area contributed by atoms with Crippen LogP contribution in [0, 0.1) is 11.3 Å². The predicted molar refractivity (Wildman–Crippen MR) is 62.6 cm³/mol. The topological polar surface area (TPSA) is 75.6 Å². The minimum Gasteiger partial charge on any atom is -0.481 e. The van der Waals surface area contributed by atoms with Crippen molar-refractivity contribution in [3.63, 3.8) is 0 Å². The van der Waals surface area contributed by atoms with E-state index in [4.69, 9.17) is 4.74 Å². The number of hydrogen-bond acceptors (Lipinski definition) is 4. The van der Waals surface area contributed by atoms with E-state index in [0.29, 0.717) is 26.1 Å². The summed E-state index contributed by atoms with van der Waals surface area (Å²) in [5, 5.41) is 12.7. The Bertz CT molecular complexity index is 292. The monoisotopic (exact) mass is 243 g/mol. The molecule has 5 heteroatoms. The molecule has 2 N–H and O–H groups in total. The lowest BCUT2D eigenvalue weighted by Crippen LogP contribution is -2.50. The van der Waals surface area contributed by atoms with E-state index in [2.05, 4.69) is 5.32 Å². The minimum absolute atomic E-state index is 0.0156. The Morgan fingerprint density at radius 1 is 1.47 bits per heavy atom. The van der Waals surface area contributed by atoms with Gasteiger partial charge in [-0.2, -0.15) is 0 Å². The number of hydrogen-bond donors (Lipinski definition) is 2. The molecule has 1 fully saturated rings. The summed E-state index contributed by atoms with van der Waals surface area (Å²) in [6.07, 6.45) is 1.22. The summed E-state index contributed by atoms with van der Waals surface area (Å²) in [7, 11) is 0. The van der Waals surface area contributed by atoms with Crippen molar-refractivity contribution in [1.82, 2.24) is 5.32 Å². The van der Waals surface area contributed by atoms with Crippen LogP contribution in [0.3, 0.4) is 0 Å². The summed E-state index contributed by atoms with van der Waals surface area (Å²) in [5.41, 5.74) is -0.952. The molecule has 1 heterocycles. The average molecular weight is 243 g/mol. The van der Waals surface area contributed by atoms with Crippen LogP contribution in [-0.4, -0.2) is 36.7 Å². The molecule has 98 valence electrons. The van der Waals surface area contributed by atoms with Crippen molar-refractivity contribution in [2.75, 3.05) is 19.7 Å². The van der Waals surface area contributed by atoms with Crippen molar-refractivity contribution in [3.05, 3.63) is 0 Å². The number of piperidine rings is 1. The number of ether oxygens (including phenoxy) is 1. The second-order valence-electron chi connectivity index (χ2n) is 4.50. The second kappa shape index (κ2) is 6.00. The zero-order valence-corrected chi connectivity index (χ0v) is 10.5. The minimum atomic E-state index is -0.952. The van der Waals surface area contributed by atoms with E-state index in [1.165, 1.54) is 0 Å². The highest BCUT2D eigenvalue weighted by atomic mass is 16.5. The number of carbonyl (C=O) groups is 2. The molecular formula is C12H21NO4. The molecule has 0 aromatic carbocycles. The van der Waals surface area contributed by atoms with E-state index < -0.39 is 17.4 Å². The molecule has 17 heavy (non-hydrogen) atoms.